The molecule has 4 aliphatic carbocycles. The summed E-state index contributed by atoms with van der Waals surface area (Å²) in [4.78, 5) is 40.4. The number of piperidine rings is 1. The Balaban J connectivity index is 1.31. The van der Waals surface area contributed by atoms with Crippen LogP contribution in [-0.4, -0.2) is 54.0 Å². The molecule has 1 aliphatic heterocycles. The number of carbonyl (C=O) groups is 3. The molecule has 9 atom stereocenters. The molecule has 0 spiro atoms. The summed E-state index contributed by atoms with van der Waals surface area (Å²) < 4.78 is 12.0. The standard InChI is InChI=1S/C34H51NO5/c1-21-16-22(2)20-35(19-21)15-11-31(38)39-26-8-12-32(6)28-9-13-33(7)29(27(28)17-23(3)30(32)18-26)10-14-34(33,24(4)36)40-25(5)37/h17-18,21-22,26-29H,8-16,19-20H2,1-7H3/t21-,22-,26-,27-,28-,29-,32-,33+,34+/m1/s1. The summed E-state index contributed by atoms with van der Waals surface area (Å²) in [5, 5.41) is 0. The number of fused-ring (bicyclic) bond motifs is 5. The zero-order valence-electron chi connectivity index (χ0n) is 25.9. The van der Waals surface area contributed by atoms with Crippen molar-refractivity contribution in [1.82, 2.24) is 4.90 Å². The van der Waals surface area contributed by atoms with Crippen LogP contribution in [0.3, 0.4) is 0 Å². The third-order valence-electron chi connectivity index (χ3n) is 11.8. The number of Topliss-reactive ketones (excluding diaryl/α,β-unsaturated/α-hetero) is 1. The van der Waals surface area contributed by atoms with Gasteiger partial charge in [0.15, 0.2) is 11.4 Å². The number of nitrogens with zero attached hydrogens (tertiary/aromatic N) is 1. The highest BCUT2D eigenvalue weighted by molar-refractivity contribution is 5.89. The summed E-state index contributed by atoms with van der Waals surface area (Å²) in [6.07, 6.45) is 11.5. The second kappa shape index (κ2) is 10.7. The van der Waals surface area contributed by atoms with Crippen molar-refractivity contribution in [2.24, 2.45) is 40.4 Å². The number of carbonyl (C=O) groups excluding carboxylic acids is 3. The molecule has 1 heterocycles. The second-order valence-electron chi connectivity index (χ2n) is 14.6. The van der Waals surface area contributed by atoms with Crippen LogP contribution in [0.1, 0.15) is 99.8 Å². The van der Waals surface area contributed by atoms with Gasteiger partial charge < -0.3 is 14.4 Å². The fourth-order valence-corrected chi connectivity index (χ4v) is 10.2. The second-order valence-corrected chi connectivity index (χ2v) is 14.6. The van der Waals surface area contributed by atoms with Crippen LogP contribution >= 0.6 is 0 Å². The van der Waals surface area contributed by atoms with Crippen LogP contribution in [0, 0.1) is 40.4 Å². The third kappa shape index (κ3) is 4.90. The van der Waals surface area contributed by atoms with Gasteiger partial charge in [0, 0.05) is 32.0 Å². The van der Waals surface area contributed by atoms with E-state index in [0.29, 0.717) is 42.4 Å². The lowest BCUT2D eigenvalue weighted by atomic mass is 9.47. The Bertz CT molecular complexity index is 1100. The lowest BCUT2D eigenvalue weighted by Crippen LogP contribution is -2.58. The minimum absolute atomic E-state index is 0.0129. The maximum Gasteiger partial charge on any atom is 0.307 e. The first kappa shape index (κ1) is 29.5. The predicted octanol–water partition coefficient (Wildman–Crippen LogP) is 6.29. The Kier molecular flexibility index (Phi) is 7.91. The summed E-state index contributed by atoms with van der Waals surface area (Å²) in [6.45, 7) is 17.4. The lowest BCUT2D eigenvalue weighted by Gasteiger charge is -2.58. The van der Waals surface area contributed by atoms with Gasteiger partial charge >= 0.3 is 11.9 Å². The first-order valence-corrected chi connectivity index (χ1v) is 15.8. The Morgan fingerprint density at radius 1 is 0.950 bits per heavy atom. The van der Waals surface area contributed by atoms with E-state index in [1.807, 2.05) is 0 Å². The first-order valence-electron chi connectivity index (χ1n) is 15.8. The molecule has 1 saturated heterocycles. The van der Waals surface area contributed by atoms with E-state index >= 15 is 0 Å². The van der Waals surface area contributed by atoms with Crippen molar-refractivity contribution in [2.75, 3.05) is 19.6 Å². The van der Waals surface area contributed by atoms with Gasteiger partial charge in [0.25, 0.3) is 0 Å². The summed E-state index contributed by atoms with van der Waals surface area (Å²) in [5.41, 5.74) is 1.28. The smallest absolute Gasteiger partial charge is 0.307 e. The zero-order chi connectivity index (χ0) is 29.0. The first-order chi connectivity index (χ1) is 18.8. The van der Waals surface area contributed by atoms with Gasteiger partial charge in [0.1, 0.15) is 6.10 Å². The van der Waals surface area contributed by atoms with Gasteiger partial charge in [-0.25, -0.2) is 0 Å². The van der Waals surface area contributed by atoms with E-state index in [9.17, 15) is 14.4 Å². The lowest BCUT2D eigenvalue weighted by molar-refractivity contribution is -0.185. The van der Waals surface area contributed by atoms with Crippen LogP contribution in [-0.2, 0) is 23.9 Å². The van der Waals surface area contributed by atoms with E-state index < -0.39 is 5.60 Å². The normalized spacial score (nSPS) is 43.0. The summed E-state index contributed by atoms with van der Waals surface area (Å²) >= 11 is 0. The van der Waals surface area contributed by atoms with Crippen molar-refractivity contribution in [1.29, 1.82) is 0 Å². The minimum Gasteiger partial charge on any atom is -0.458 e. The van der Waals surface area contributed by atoms with E-state index in [2.05, 4.69) is 51.7 Å². The van der Waals surface area contributed by atoms with Crippen LogP contribution in [0.25, 0.3) is 0 Å². The van der Waals surface area contributed by atoms with Gasteiger partial charge in [-0.05, 0) is 105 Å². The molecular weight excluding hydrogens is 502 g/mol. The summed E-state index contributed by atoms with van der Waals surface area (Å²) in [6, 6.07) is 0. The van der Waals surface area contributed by atoms with E-state index in [-0.39, 0.29) is 34.7 Å². The van der Waals surface area contributed by atoms with Gasteiger partial charge in [-0.2, -0.15) is 0 Å². The third-order valence-corrected chi connectivity index (χ3v) is 11.8. The van der Waals surface area contributed by atoms with E-state index in [1.54, 1.807) is 6.92 Å². The van der Waals surface area contributed by atoms with Gasteiger partial charge in [-0.15, -0.1) is 0 Å². The molecule has 0 bridgehead atoms. The van der Waals surface area contributed by atoms with Gasteiger partial charge in [-0.1, -0.05) is 39.3 Å². The summed E-state index contributed by atoms with van der Waals surface area (Å²) in [5.74, 6) is 2.04. The number of esters is 2. The summed E-state index contributed by atoms with van der Waals surface area (Å²) in [7, 11) is 0. The zero-order valence-corrected chi connectivity index (χ0v) is 25.9. The molecule has 0 aromatic rings. The van der Waals surface area contributed by atoms with Crippen molar-refractivity contribution in [3.05, 3.63) is 23.3 Å². The Morgan fingerprint density at radius 3 is 2.27 bits per heavy atom. The molecule has 0 aromatic heterocycles. The average molecular weight is 554 g/mol. The number of hydrogen-bond donors (Lipinski definition) is 0. The van der Waals surface area contributed by atoms with Crippen molar-refractivity contribution in [3.63, 3.8) is 0 Å². The number of likely N-dealkylation sites (tertiary alicyclic amines) is 1. The molecule has 222 valence electrons. The molecule has 0 amide bonds. The van der Waals surface area contributed by atoms with Crippen LogP contribution in [0.4, 0.5) is 0 Å². The molecule has 0 aromatic carbocycles. The predicted molar refractivity (Wildman–Crippen MR) is 155 cm³/mol. The van der Waals surface area contributed by atoms with E-state index in [0.717, 1.165) is 51.7 Å². The van der Waals surface area contributed by atoms with Crippen LogP contribution in [0.5, 0.6) is 0 Å². The monoisotopic (exact) mass is 553 g/mol. The fraction of sp³-hybridized carbons (Fsp3) is 0.794. The van der Waals surface area contributed by atoms with Gasteiger partial charge in [0.2, 0.25) is 0 Å². The van der Waals surface area contributed by atoms with E-state index in [1.165, 1.54) is 24.5 Å². The van der Waals surface area contributed by atoms with Crippen LogP contribution in [0.15, 0.2) is 23.3 Å². The van der Waals surface area contributed by atoms with Crippen molar-refractivity contribution in [3.8, 4) is 0 Å². The molecule has 2 saturated carbocycles. The highest BCUT2D eigenvalue weighted by Gasteiger charge is 2.67. The maximum atomic E-state index is 13.0. The van der Waals surface area contributed by atoms with Gasteiger partial charge in [-0.3, -0.25) is 14.4 Å². The average Bonchev–Trinajstić information content (AvgIpc) is 3.16. The Labute approximate surface area is 241 Å². The molecule has 0 radical (unpaired) electrons. The van der Waals surface area contributed by atoms with Crippen LogP contribution < -0.4 is 0 Å². The van der Waals surface area contributed by atoms with Gasteiger partial charge in [0.05, 0.1) is 6.42 Å². The molecule has 40 heavy (non-hydrogen) atoms. The molecule has 6 nitrogen and oxygen atoms in total. The van der Waals surface area contributed by atoms with Crippen LogP contribution in [0.2, 0.25) is 0 Å². The number of rotatable bonds is 6. The molecule has 5 aliphatic rings. The highest BCUT2D eigenvalue weighted by atomic mass is 16.6. The molecule has 0 N–H and O–H groups in total. The quantitative estimate of drug-likeness (QED) is 0.360. The van der Waals surface area contributed by atoms with E-state index in [4.69, 9.17) is 9.47 Å². The number of ketones is 1. The number of allylic oxidation sites excluding steroid dienone is 3. The largest absolute Gasteiger partial charge is 0.458 e. The van der Waals surface area contributed by atoms with Crippen molar-refractivity contribution < 1.29 is 23.9 Å². The Hall–Kier alpha value is -1.95. The molecular formula is C34H51NO5. The molecule has 0 unspecified atom stereocenters. The SMILES string of the molecule is CC(=O)O[C@]1(C(C)=O)CC[C@@H]2[C@@H]3C=C(C)C4=C[C@H](OC(=O)CCN5C[C@H](C)C[C@@H](C)C5)CC[C@]4(C)[C@@H]3CC[C@@]21C. The topological polar surface area (TPSA) is 72.9 Å². The number of ether oxygens (including phenoxy) is 2. The minimum atomic E-state index is -1.01. The molecule has 3 fully saturated rings. The number of hydrogen-bond acceptors (Lipinski definition) is 6. The molecule has 5 rings (SSSR count). The highest BCUT2D eigenvalue weighted by Crippen LogP contribution is 2.68. The van der Waals surface area contributed by atoms with Crippen molar-refractivity contribution in [2.45, 2.75) is 112 Å². The maximum absolute atomic E-state index is 13.0. The Morgan fingerprint density at radius 2 is 1.62 bits per heavy atom. The van der Waals surface area contributed by atoms with Crippen molar-refractivity contribution >= 4 is 17.7 Å². The fourth-order valence-electron chi connectivity index (χ4n) is 10.2. The molecule has 6 heteroatoms.